The molecule has 0 aromatic carbocycles. The fourth-order valence-corrected chi connectivity index (χ4v) is 1.73. The average molecular weight is 199 g/mol. The molecule has 0 aromatic heterocycles. The quantitative estimate of drug-likeness (QED) is 0.387. The lowest BCUT2D eigenvalue weighted by Crippen LogP contribution is -2.18. The van der Waals surface area contributed by atoms with Gasteiger partial charge in [-0.05, 0) is 31.3 Å². The Morgan fingerprint density at radius 1 is 1.36 bits per heavy atom. The van der Waals surface area contributed by atoms with Crippen LogP contribution in [0.3, 0.4) is 0 Å². The van der Waals surface area contributed by atoms with Crippen LogP contribution in [-0.2, 0) is 0 Å². The van der Waals surface area contributed by atoms with E-state index in [2.05, 4.69) is 6.08 Å². The zero-order valence-electron chi connectivity index (χ0n) is 8.16. The van der Waals surface area contributed by atoms with Crippen LogP contribution in [0.4, 0.5) is 0 Å². The molecule has 1 rings (SSSR count). The molecule has 82 valence electrons. The zero-order chi connectivity index (χ0) is 9.68. The fraction of sp³-hybridized carbons (Fsp3) is 0.818. The molecule has 14 heavy (non-hydrogen) atoms. The predicted molar refractivity (Wildman–Crippen MR) is 59.0 cm³/mol. The second-order valence-electron chi connectivity index (χ2n) is 3.69. The van der Waals surface area contributed by atoms with E-state index in [-0.39, 0.29) is 12.3 Å². The number of hydrogen-bond donors (Lipinski definition) is 0. The van der Waals surface area contributed by atoms with E-state index >= 15 is 0 Å². The lowest BCUT2D eigenvalue weighted by Gasteiger charge is -2.12. The van der Waals surface area contributed by atoms with Gasteiger partial charge in [0.05, 0.1) is 0 Å². The number of hydrogen-bond acceptors (Lipinski definition) is 2. The second kappa shape index (κ2) is 6.57. The Morgan fingerprint density at radius 2 is 2.00 bits per heavy atom. The smallest absolute Gasteiger partial charge is 0.231 e. The monoisotopic (exact) mass is 199 g/mol. The van der Waals surface area contributed by atoms with Gasteiger partial charge in [-0.2, -0.15) is 0 Å². The summed E-state index contributed by atoms with van der Waals surface area (Å²) in [4.78, 5) is 10.4. The molecule has 1 aliphatic rings. The van der Waals surface area contributed by atoms with E-state index in [1.165, 1.54) is 19.3 Å². The van der Waals surface area contributed by atoms with Crippen LogP contribution in [0.1, 0.15) is 52.9 Å². The third-order valence-electron chi connectivity index (χ3n) is 2.68. The van der Waals surface area contributed by atoms with Crippen LogP contribution in [-0.4, -0.2) is 11.0 Å². The van der Waals surface area contributed by atoms with Crippen molar-refractivity contribution in [1.82, 2.24) is 0 Å². The Kier molecular flexibility index (Phi) is 6.17. The van der Waals surface area contributed by atoms with E-state index in [1.54, 1.807) is 6.92 Å². The van der Waals surface area contributed by atoms with Gasteiger partial charge in [-0.3, -0.25) is 10.1 Å². The van der Waals surface area contributed by atoms with Crippen LogP contribution < -0.4 is 0 Å². The summed E-state index contributed by atoms with van der Waals surface area (Å²) in [5.74, 6) is 0. The van der Waals surface area contributed by atoms with E-state index in [0.29, 0.717) is 0 Å². The maximum absolute atomic E-state index is 10.6. The molecule has 0 bridgehead atoms. The lowest BCUT2D eigenvalue weighted by atomic mass is 9.96. The number of rotatable bonds is 2. The van der Waals surface area contributed by atoms with Crippen LogP contribution >= 0.6 is 0 Å². The van der Waals surface area contributed by atoms with Gasteiger partial charge in [0.15, 0.2) is 0 Å². The van der Waals surface area contributed by atoms with Crippen molar-refractivity contribution >= 4 is 0 Å². The van der Waals surface area contributed by atoms with Gasteiger partial charge in [-0.25, -0.2) is 0 Å². The third kappa shape index (κ3) is 3.90. The van der Waals surface area contributed by atoms with Gasteiger partial charge in [-0.1, -0.05) is 26.3 Å². The van der Waals surface area contributed by atoms with Crippen molar-refractivity contribution in [3.8, 4) is 0 Å². The van der Waals surface area contributed by atoms with Gasteiger partial charge in [0.1, 0.15) is 0 Å². The maximum atomic E-state index is 10.6. The third-order valence-corrected chi connectivity index (χ3v) is 2.68. The van der Waals surface area contributed by atoms with Gasteiger partial charge in [-0.15, -0.1) is 0 Å². The number of nitro groups is 1. The van der Waals surface area contributed by atoms with Crippen molar-refractivity contribution < 1.29 is 4.92 Å². The normalized spacial score (nSPS) is 23.4. The second-order valence-corrected chi connectivity index (χ2v) is 3.69. The number of allylic oxidation sites excluding steroid dienone is 1. The van der Waals surface area contributed by atoms with Crippen molar-refractivity contribution in [2.75, 3.05) is 0 Å². The molecule has 0 N–H and O–H groups in total. The van der Waals surface area contributed by atoms with Crippen molar-refractivity contribution in [2.45, 2.75) is 58.9 Å². The molecular weight excluding hydrogens is 178 g/mol. The first-order chi connectivity index (χ1) is 6.22. The summed E-state index contributed by atoms with van der Waals surface area (Å²) in [6, 6.07) is -0.474. The Morgan fingerprint density at radius 3 is 2.64 bits per heavy atom. The first-order valence-corrected chi connectivity index (χ1v) is 5.04. The number of nitrogens with zero attached hydrogens (tertiary/aromatic N) is 1. The molecule has 1 atom stereocenters. The van der Waals surface area contributed by atoms with Crippen LogP contribution in [0.25, 0.3) is 0 Å². The van der Waals surface area contributed by atoms with Gasteiger partial charge in [0, 0.05) is 11.8 Å². The highest BCUT2D eigenvalue weighted by atomic mass is 16.6. The molecule has 0 spiro atoms. The molecule has 1 aliphatic carbocycles. The summed E-state index contributed by atoms with van der Waals surface area (Å²) in [6.07, 6.45) is 8.82. The first kappa shape index (κ1) is 13.1. The Hall–Kier alpha value is -0.860. The van der Waals surface area contributed by atoms with Gasteiger partial charge in [0.2, 0.25) is 6.04 Å². The van der Waals surface area contributed by atoms with E-state index in [9.17, 15) is 10.1 Å². The largest absolute Gasteiger partial charge is 0.264 e. The summed E-state index contributed by atoms with van der Waals surface area (Å²) >= 11 is 0. The molecular formula is C11H21NO2. The minimum atomic E-state index is -0.474. The molecule has 0 aliphatic heterocycles. The SMILES string of the molecule is C.CC(/C1=C/CCCCCC1)[N+](=O)[O-]. The zero-order valence-corrected chi connectivity index (χ0v) is 8.16. The molecule has 0 saturated heterocycles. The van der Waals surface area contributed by atoms with Crippen LogP contribution in [0.5, 0.6) is 0 Å². The Labute approximate surface area is 86.4 Å². The highest BCUT2D eigenvalue weighted by molar-refractivity contribution is 5.07. The molecule has 1 unspecified atom stereocenters. The van der Waals surface area contributed by atoms with E-state index < -0.39 is 6.04 Å². The molecule has 0 amide bonds. The summed E-state index contributed by atoms with van der Waals surface area (Å²) in [7, 11) is 0. The highest BCUT2D eigenvalue weighted by Gasteiger charge is 2.18. The van der Waals surface area contributed by atoms with E-state index in [4.69, 9.17) is 0 Å². The Balaban J connectivity index is 0.00000169. The van der Waals surface area contributed by atoms with Gasteiger partial charge < -0.3 is 0 Å². The van der Waals surface area contributed by atoms with Crippen LogP contribution in [0.15, 0.2) is 11.6 Å². The summed E-state index contributed by atoms with van der Waals surface area (Å²) in [5, 5.41) is 10.6. The van der Waals surface area contributed by atoms with E-state index in [1.807, 2.05) is 0 Å². The summed E-state index contributed by atoms with van der Waals surface area (Å²) < 4.78 is 0. The predicted octanol–water partition coefficient (Wildman–Crippen LogP) is 3.57. The maximum Gasteiger partial charge on any atom is 0.231 e. The molecule has 0 heterocycles. The average Bonchev–Trinajstić information content (AvgIpc) is 2.02. The molecule has 3 nitrogen and oxygen atoms in total. The van der Waals surface area contributed by atoms with Crippen molar-refractivity contribution in [3.63, 3.8) is 0 Å². The molecule has 0 fully saturated rings. The van der Waals surface area contributed by atoms with E-state index in [0.717, 1.165) is 24.8 Å². The Bertz CT molecular complexity index is 211. The lowest BCUT2D eigenvalue weighted by molar-refractivity contribution is -0.508. The molecule has 3 heteroatoms. The standard InChI is InChI=1S/C10H17NO2.CH4/c1-9(11(12)13)10-7-5-3-2-4-6-8-10;/h7,9H,2-6,8H2,1H3;1H4/b10-7+;. The molecule has 0 radical (unpaired) electrons. The molecule has 0 saturated carbocycles. The molecule has 0 aromatic rings. The minimum Gasteiger partial charge on any atom is -0.264 e. The highest BCUT2D eigenvalue weighted by Crippen LogP contribution is 2.20. The van der Waals surface area contributed by atoms with Crippen molar-refractivity contribution in [1.29, 1.82) is 0 Å². The minimum absolute atomic E-state index is 0. The topological polar surface area (TPSA) is 43.1 Å². The van der Waals surface area contributed by atoms with Crippen LogP contribution in [0, 0.1) is 10.1 Å². The summed E-state index contributed by atoms with van der Waals surface area (Å²) in [5.41, 5.74) is 1.03. The summed E-state index contributed by atoms with van der Waals surface area (Å²) in [6.45, 7) is 1.69. The fourth-order valence-electron chi connectivity index (χ4n) is 1.73. The van der Waals surface area contributed by atoms with Gasteiger partial charge >= 0.3 is 0 Å². The van der Waals surface area contributed by atoms with Crippen molar-refractivity contribution in [2.24, 2.45) is 0 Å². The van der Waals surface area contributed by atoms with Crippen LogP contribution in [0.2, 0.25) is 0 Å². The van der Waals surface area contributed by atoms with Gasteiger partial charge in [0.25, 0.3) is 0 Å². The first-order valence-electron chi connectivity index (χ1n) is 5.04. The van der Waals surface area contributed by atoms with Crippen molar-refractivity contribution in [3.05, 3.63) is 21.8 Å².